The van der Waals surface area contributed by atoms with Crippen LogP contribution in [-0.2, 0) is 11.3 Å². The number of rotatable bonds is 5. The number of carbonyl (C=O) groups is 1. The molecule has 3 nitrogen and oxygen atoms in total. The van der Waals surface area contributed by atoms with Crippen molar-refractivity contribution in [2.24, 2.45) is 0 Å². The number of hydrogen-bond acceptors (Lipinski definition) is 2. The van der Waals surface area contributed by atoms with E-state index >= 15 is 0 Å². The van der Waals surface area contributed by atoms with Gasteiger partial charge < -0.3 is 5.11 Å². The number of carboxylic acids is 1. The van der Waals surface area contributed by atoms with Crippen molar-refractivity contribution in [1.29, 1.82) is 0 Å². The lowest BCUT2D eigenvalue weighted by Gasteiger charge is -2.14. The van der Waals surface area contributed by atoms with Crippen molar-refractivity contribution in [3.05, 3.63) is 46.5 Å². The molecule has 0 unspecified atom stereocenters. The average molecular weight is 284 g/mol. The minimum absolute atomic E-state index is 0.624. The molecule has 0 radical (unpaired) electrons. The standard InChI is InChI=1S/C12H14BrNO2/c1-14(7-3-6-12(15)16)9-10-4-2-5-11(13)8-10/h2-6,8H,7,9H2,1H3,(H,15,16)/b6-3+. The molecular weight excluding hydrogens is 270 g/mol. The van der Waals surface area contributed by atoms with Crippen LogP contribution < -0.4 is 0 Å². The fraction of sp³-hybridized carbons (Fsp3) is 0.250. The summed E-state index contributed by atoms with van der Waals surface area (Å²) in [4.78, 5) is 12.3. The molecule has 0 bridgehead atoms. The molecule has 1 rings (SSSR count). The summed E-state index contributed by atoms with van der Waals surface area (Å²) in [5.74, 6) is -0.907. The SMILES string of the molecule is CN(C/C=C/C(=O)O)Cc1cccc(Br)c1. The second kappa shape index (κ2) is 6.45. The van der Waals surface area contributed by atoms with Crippen molar-refractivity contribution in [2.75, 3.05) is 13.6 Å². The summed E-state index contributed by atoms with van der Waals surface area (Å²) in [7, 11) is 1.95. The molecule has 16 heavy (non-hydrogen) atoms. The topological polar surface area (TPSA) is 40.5 Å². The van der Waals surface area contributed by atoms with E-state index in [1.165, 1.54) is 5.56 Å². The maximum Gasteiger partial charge on any atom is 0.328 e. The molecule has 0 saturated carbocycles. The Bertz CT molecular complexity index is 390. The molecule has 0 heterocycles. The number of benzene rings is 1. The van der Waals surface area contributed by atoms with Gasteiger partial charge in [0.25, 0.3) is 0 Å². The number of nitrogens with zero attached hydrogens (tertiary/aromatic N) is 1. The smallest absolute Gasteiger partial charge is 0.328 e. The summed E-state index contributed by atoms with van der Waals surface area (Å²) < 4.78 is 1.06. The van der Waals surface area contributed by atoms with Gasteiger partial charge in [-0.25, -0.2) is 4.79 Å². The van der Waals surface area contributed by atoms with E-state index in [-0.39, 0.29) is 0 Å². The van der Waals surface area contributed by atoms with Gasteiger partial charge in [-0.05, 0) is 24.7 Å². The second-order valence-corrected chi connectivity index (χ2v) is 4.48. The molecule has 4 heteroatoms. The van der Waals surface area contributed by atoms with Crippen molar-refractivity contribution < 1.29 is 9.90 Å². The van der Waals surface area contributed by atoms with Crippen molar-refractivity contribution in [2.45, 2.75) is 6.54 Å². The highest BCUT2D eigenvalue weighted by Crippen LogP contribution is 2.12. The normalized spacial score (nSPS) is 11.2. The van der Waals surface area contributed by atoms with E-state index in [1.54, 1.807) is 6.08 Å². The molecular formula is C12H14BrNO2. The fourth-order valence-corrected chi connectivity index (χ4v) is 1.79. The Morgan fingerprint density at radius 1 is 1.56 bits per heavy atom. The van der Waals surface area contributed by atoms with Crippen LogP contribution in [0.1, 0.15) is 5.56 Å². The molecule has 0 saturated heterocycles. The summed E-state index contributed by atoms with van der Waals surface area (Å²) in [6.45, 7) is 1.42. The Balaban J connectivity index is 2.45. The largest absolute Gasteiger partial charge is 0.478 e. The Hall–Kier alpha value is -1.13. The predicted octanol–water partition coefficient (Wildman–Crippen LogP) is 2.52. The van der Waals surface area contributed by atoms with Crippen LogP contribution in [0.15, 0.2) is 40.9 Å². The van der Waals surface area contributed by atoms with E-state index in [0.29, 0.717) is 6.54 Å². The Morgan fingerprint density at radius 3 is 2.94 bits per heavy atom. The lowest BCUT2D eigenvalue weighted by molar-refractivity contribution is -0.131. The molecule has 1 aromatic rings. The summed E-state index contributed by atoms with van der Waals surface area (Å²) >= 11 is 3.41. The Labute approximate surface area is 104 Å². The molecule has 1 aromatic carbocycles. The van der Waals surface area contributed by atoms with Gasteiger partial charge in [-0.15, -0.1) is 0 Å². The highest BCUT2D eigenvalue weighted by atomic mass is 79.9. The highest BCUT2D eigenvalue weighted by Gasteiger charge is 1.99. The predicted molar refractivity (Wildman–Crippen MR) is 67.3 cm³/mol. The van der Waals surface area contributed by atoms with Gasteiger partial charge in [-0.3, -0.25) is 4.90 Å². The van der Waals surface area contributed by atoms with E-state index in [4.69, 9.17) is 5.11 Å². The summed E-state index contributed by atoms with van der Waals surface area (Å²) in [5, 5.41) is 8.44. The van der Waals surface area contributed by atoms with E-state index in [9.17, 15) is 4.79 Å². The van der Waals surface area contributed by atoms with E-state index < -0.39 is 5.97 Å². The lowest BCUT2D eigenvalue weighted by Crippen LogP contribution is -2.17. The van der Waals surface area contributed by atoms with Crippen LogP contribution in [-0.4, -0.2) is 29.6 Å². The summed E-state index contributed by atoms with van der Waals surface area (Å²) in [6, 6.07) is 8.06. The number of likely N-dealkylation sites (N-methyl/N-ethyl adjacent to an activating group) is 1. The van der Waals surface area contributed by atoms with Gasteiger partial charge in [0.2, 0.25) is 0 Å². The van der Waals surface area contributed by atoms with Crippen LogP contribution >= 0.6 is 15.9 Å². The van der Waals surface area contributed by atoms with Gasteiger partial charge >= 0.3 is 5.97 Å². The van der Waals surface area contributed by atoms with Gasteiger partial charge in [0, 0.05) is 23.6 Å². The zero-order valence-electron chi connectivity index (χ0n) is 9.06. The summed E-state index contributed by atoms with van der Waals surface area (Å²) in [6.07, 6.45) is 2.80. The van der Waals surface area contributed by atoms with Crippen LogP contribution in [0.3, 0.4) is 0 Å². The monoisotopic (exact) mass is 283 g/mol. The first-order chi connectivity index (χ1) is 7.58. The Morgan fingerprint density at radius 2 is 2.31 bits per heavy atom. The zero-order chi connectivity index (χ0) is 12.0. The van der Waals surface area contributed by atoms with Gasteiger partial charge in [0.05, 0.1) is 0 Å². The molecule has 0 aliphatic carbocycles. The molecule has 0 aliphatic rings. The maximum atomic E-state index is 10.3. The minimum Gasteiger partial charge on any atom is -0.478 e. The molecule has 0 fully saturated rings. The number of carboxylic acid groups (broad SMARTS) is 1. The second-order valence-electron chi connectivity index (χ2n) is 3.57. The van der Waals surface area contributed by atoms with Crippen molar-refractivity contribution in [3.8, 4) is 0 Å². The highest BCUT2D eigenvalue weighted by molar-refractivity contribution is 9.10. The van der Waals surface area contributed by atoms with E-state index in [2.05, 4.69) is 22.0 Å². The molecule has 86 valence electrons. The first-order valence-electron chi connectivity index (χ1n) is 4.90. The van der Waals surface area contributed by atoms with Crippen molar-refractivity contribution >= 4 is 21.9 Å². The van der Waals surface area contributed by atoms with Crippen molar-refractivity contribution in [3.63, 3.8) is 0 Å². The minimum atomic E-state index is -0.907. The van der Waals surface area contributed by atoms with Crippen molar-refractivity contribution in [1.82, 2.24) is 4.90 Å². The third-order valence-electron chi connectivity index (χ3n) is 2.02. The van der Waals surface area contributed by atoms with Gasteiger partial charge in [0.1, 0.15) is 0 Å². The quantitative estimate of drug-likeness (QED) is 0.845. The molecule has 0 spiro atoms. The van der Waals surface area contributed by atoms with Gasteiger partial charge in [0.15, 0.2) is 0 Å². The molecule has 0 atom stereocenters. The number of hydrogen-bond donors (Lipinski definition) is 1. The maximum absolute atomic E-state index is 10.3. The first-order valence-corrected chi connectivity index (χ1v) is 5.69. The molecule has 0 amide bonds. The molecule has 1 N–H and O–H groups in total. The van der Waals surface area contributed by atoms with Crippen LogP contribution in [0.2, 0.25) is 0 Å². The van der Waals surface area contributed by atoms with Crippen LogP contribution in [0.25, 0.3) is 0 Å². The van der Waals surface area contributed by atoms with E-state index in [0.717, 1.165) is 17.1 Å². The number of halogens is 1. The zero-order valence-corrected chi connectivity index (χ0v) is 10.6. The van der Waals surface area contributed by atoms with Gasteiger partial charge in [-0.1, -0.05) is 34.1 Å². The third-order valence-corrected chi connectivity index (χ3v) is 2.51. The van der Waals surface area contributed by atoms with E-state index in [1.807, 2.05) is 30.1 Å². The van der Waals surface area contributed by atoms with Crippen LogP contribution in [0, 0.1) is 0 Å². The lowest BCUT2D eigenvalue weighted by atomic mass is 10.2. The average Bonchev–Trinajstić information content (AvgIpc) is 2.16. The first kappa shape index (κ1) is 12.9. The molecule has 0 aromatic heterocycles. The molecule has 0 aliphatic heterocycles. The number of aliphatic carboxylic acids is 1. The van der Waals surface area contributed by atoms with Gasteiger partial charge in [-0.2, -0.15) is 0 Å². The summed E-state index contributed by atoms with van der Waals surface area (Å²) in [5.41, 5.74) is 1.20. The fourth-order valence-electron chi connectivity index (χ4n) is 1.35. The van der Waals surface area contributed by atoms with Crippen LogP contribution in [0.5, 0.6) is 0 Å². The third kappa shape index (κ3) is 5.09. The Kier molecular flexibility index (Phi) is 5.22. The van der Waals surface area contributed by atoms with Crippen LogP contribution in [0.4, 0.5) is 0 Å².